The molecule has 2 atom stereocenters. The minimum atomic E-state index is -0.0592. The summed E-state index contributed by atoms with van der Waals surface area (Å²) in [4.78, 5) is 17.4. The number of nitrogens with zero attached hydrogens (tertiary/aromatic N) is 2. The Hall–Kier alpha value is -1.47. The Morgan fingerprint density at radius 2 is 1.96 bits per heavy atom. The number of rotatable bonds is 6. The van der Waals surface area contributed by atoms with Gasteiger partial charge in [0, 0.05) is 39.3 Å². The molecule has 2 aliphatic rings. The van der Waals surface area contributed by atoms with Gasteiger partial charge in [-0.3, -0.25) is 10.2 Å². The van der Waals surface area contributed by atoms with Crippen molar-refractivity contribution in [3.8, 4) is 0 Å². The average Bonchev–Trinajstić information content (AvgIpc) is 3.11. The predicted octanol–water partition coefficient (Wildman–Crippen LogP) is 0.205. The van der Waals surface area contributed by atoms with Crippen LogP contribution in [0.25, 0.3) is 0 Å². The fourth-order valence-corrected chi connectivity index (χ4v) is 3.43. The quantitative estimate of drug-likeness (QED) is 0.651. The van der Waals surface area contributed by atoms with Gasteiger partial charge < -0.3 is 15.1 Å². The summed E-state index contributed by atoms with van der Waals surface area (Å²) >= 11 is 0. The van der Waals surface area contributed by atoms with Crippen LogP contribution in [-0.4, -0.2) is 68.6 Å². The summed E-state index contributed by atoms with van der Waals surface area (Å²) in [6, 6.07) is 10.2. The van der Waals surface area contributed by atoms with E-state index in [0.29, 0.717) is 6.54 Å². The number of nitrogens with one attached hydrogen (secondary N) is 3. The number of likely N-dealkylation sites (N-methyl/N-ethyl adjacent to an activating group) is 1. The minimum absolute atomic E-state index is 0.0452. The van der Waals surface area contributed by atoms with Crippen LogP contribution in [0.1, 0.15) is 18.0 Å². The van der Waals surface area contributed by atoms with Crippen molar-refractivity contribution in [3.63, 3.8) is 0 Å². The van der Waals surface area contributed by atoms with E-state index in [2.05, 4.69) is 45.1 Å². The zero-order valence-electron chi connectivity index (χ0n) is 14.5. The number of piperazine rings is 1. The molecule has 0 aromatic heterocycles. The van der Waals surface area contributed by atoms with Crippen LogP contribution >= 0.6 is 0 Å². The van der Waals surface area contributed by atoms with Gasteiger partial charge in [0.1, 0.15) is 0 Å². The van der Waals surface area contributed by atoms with E-state index in [4.69, 9.17) is 0 Å². The first-order chi connectivity index (χ1) is 11.7. The first-order valence-electron chi connectivity index (χ1n) is 8.96. The Morgan fingerprint density at radius 1 is 1.21 bits per heavy atom. The summed E-state index contributed by atoms with van der Waals surface area (Å²) in [6.45, 7) is 7.05. The topological polar surface area (TPSA) is 59.6 Å². The minimum Gasteiger partial charge on any atom is -0.356 e. The van der Waals surface area contributed by atoms with Crippen LogP contribution in [0.2, 0.25) is 0 Å². The Labute approximate surface area is 144 Å². The molecule has 132 valence electrons. The molecule has 1 aromatic carbocycles. The molecular weight excluding hydrogens is 302 g/mol. The van der Waals surface area contributed by atoms with Crippen LogP contribution < -0.4 is 16.2 Å². The van der Waals surface area contributed by atoms with Crippen LogP contribution in [0.4, 0.5) is 0 Å². The maximum Gasteiger partial charge on any atom is 0.226 e. The highest BCUT2D eigenvalue weighted by Gasteiger charge is 2.33. The van der Waals surface area contributed by atoms with Crippen LogP contribution in [0.3, 0.4) is 0 Å². The van der Waals surface area contributed by atoms with Crippen molar-refractivity contribution in [2.75, 3.05) is 52.9 Å². The largest absolute Gasteiger partial charge is 0.356 e. The zero-order chi connectivity index (χ0) is 16.8. The number of carbonyl (C=O) groups is 1. The molecule has 0 radical (unpaired) electrons. The molecule has 0 saturated carbocycles. The molecule has 0 aliphatic carbocycles. The first kappa shape index (κ1) is 17.4. The highest BCUT2D eigenvalue weighted by molar-refractivity contribution is 5.80. The Balaban J connectivity index is 1.40. The number of hydrogen-bond donors (Lipinski definition) is 3. The molecule has 3 rings (SSSR count). The third-order valence-electron chi connectivity index (χ3n) is 5.02. The maximum absolute atomic E-state index is 12.5. The second-order valence-electron chi connectivity index (χ2n) is 6.81. The van der Waals surface area contributed by atoms with Gasteiger partial charge in [-0.1, -0.05) is 30.3 Å². The fraction of sp³-hybridized carbons (Fsp3) is 0.611. The second-order valence-corrected chi connectivity index (χ2v) is 6.81. The lowest BCUT2D eigenvalue weighted by Crippen LogP contribution is -2.45. The molecule has 2 fully saturated rings. The lowest BCUT2D eigenvalue weighted by atomic mass is 9.94. The van der Waals surface area contributed by atoms with Crippen molar-refractivity contribution in [3.05, 3.63) is 35.9 Å². The zero-order valence-corrected chi connectivity index (χ0v) is 14.5. The highest BCUT2D eigenvalue weighted by Crippen LogP contribution is 2.24. The van der Waals surface area contributed by atoms with Crippen molar-refractivity contribution in [1.82, 2.24) is 26.0 Å². The lowest BCUT2D eigenvalue weighted by molar-refractivity contribution is -0.124. The van der Waals surface area contributed by atoms with Crippen LogP contribution in [0.5, 0.6) is 0 Å². The van der Waals surface area contributed by atoms with E-state index in [-0.39, 0.29) is 17.9 Å². The molecule has 0 bridgehead atoms. The summed E-state index contributed by atoms with van der Waals surface area (Å²) < 4.78 is 0. The number of carbonyl (C=O) groups excluding carboxylic acids is 1. The van der Waals surface area contributed by atoms with Gasteiger partial charge in [-0.05, 0) is 25.6 Å². The molecule has 2 saturated heterocycles. The molecule has 6 heteroatoms. The van der Waals surface area contributed by atoms with Gasteiger partial charge >= 0.3 is 0 Å². The van der Waals surface area contributed by atoms with E-state index < -0.39 is 0 Å². The van der Waals surface area contributed by atoms with E-state index in [1.807, 2.05) is 18.2 Å². The standard InChI is InChI=1S/C18H29N5O/c1-22-10-12-23(13-11-22)9-5-8-19-18(24)16-14-20-21-17(16)15-6-3-2-4-7-15/h2-4,6-7,16-17,20-21H,5,8-14H2,1H3,(H,19,24). The number of hydrogen-bond acceptors (Lipinski definition) is 5. The van der Waals surface area contributed by atoms with Crippen molar-refractivity contribution in [1.29, 1.82) is 0 Å². The lowest BCUT2D eigenvalue weighted by Gasteiger charge is -2.32. The fourth-order valence-electron chi connectivity index (χ4n) is 3.43. The van der Waals surface area contributed by atoms with Gasteiger partial charge in [0.25, 0.3) is 0 Å². The SMILES string of the molecule is CN1CCN(CCCNC(=O)C2CNNC2c2ccccc2)CC1. The van der Waals surface area contributed by atoms with Crippen molar-refractivity contribution in [2.24, 2.45) is 5.92 Å². The molecule has 6 nitrogen and oxygen atoms in total. The van der Waals surface area contributed by atoms with Crippen LogP contribution in [0.15, 0.2) is 30.3 Å². The summed E-state index contributed by atoms with van der Waals surface area (Å²) in [5.41, 5.74) is 7.50. The summed E-state index contributed by atoms with van der Waals surface area (Å²) in [6.07, 6.45) is 1.01. The number of hydrazine groups is 1. The molecule has 24 heavy (non-hydrogen) atoms. The molecule has 3 N–H and O–H groups in total. The smallest absolute Gasteiger partial charge is 0.226 e. The van der Waals surface area contributed by atoms with Gasteiger partial charge in [-0.25, -0.2) is 5.43 Å². The average molecular weight is 331 g/mol. The van der Waals surface area contributed by atoms with Crippen LogP contribution in [-0.2, 0) is 4.79 Å². The molecule has 0 spiro atoms. The van der Waals surface area contributed by atoms with Gasteiger partial charge in [0.2, 0.25) is 5.91 Å². The van der Waals surface area contributed by atoms with Crippen molar-refractivity contribution in [2.45, 2.75) is 12.5 Å². The van der Waals surface area contributed by atoms with E-state index in [1.165, 1.54) is 0 Å². The van der Waals surface area contributed by atoms with Crippen LogP contribution in [0, 0.1) is 5.92 Å². The Bertz CT molecular complexity index is 515. The molecule has 1 amide bonds. The monoisotopic (exact) mass is 331 g/mol. The molecule has 2 unspecified atom stereocenters. The van der Waals surface area contributed by atoms with Gasteiger partial charge in [-0.15, -0.1) is 0 Å². The highest BCUT2D eigenvalue weighted by atomic mass is 16.2. The van der Waals surface area contributed by atoms with Crippen molar-refractivity contribution < 1.29 is 4.79 Å². The summed E-state index contributed by atoms with van der Waals surface area (Å²) in [5, 5.41) is 3.12. The molecular formula is C18H29N5O. The van der Waals surface area contributed by atoms with Gasteiger partial charge in [-0.2, -0.15) is 0 Å². The van der Waals surface area contributed by atoms with E-state index in [1.54, 1.807) is 0 Å². The molecule has 1 aromatic rings. The normalized spacial score (nSPS) is 25.7. The number of benzene rings is 1. The first-order valence-corrected chi connectivity index (χ1v) is 8.96. The summed E-state index contributed by atoms with van der Waals surface area (Å²) in [7, 11) is 2.17. The Kier molecular flexibility index (Phi) is 6.20. The molecule has 2 heterocycles. The van der Waals surface area contributed by atoms with E-state index >= 15 is 0 Å². The van der Waals surface area contributed by atoms with Gasteiger partial charge in [0.15, 0.2) is 0 Å². The van der Waals surface area contributed by atoms with Crippen molar-refractivity contribution >= 4 is 5.91 Å². The number of amides is 1. The van der Waals surface area contributed by atoms with E-state index in [0.717, 1.165) is 51.3 Å². The summed E-state index contributed by atoms with van der Waals surface area (Å²) in [5.74, 6) is 0.0794. The predicted molar refractivity (Wildman–Crippen MR) is 95.4 cm³/mol. The third-order valence-corrected chi connectivity index (χ3v) is 5.02. The third kappa shape index (κ3) is 4.54. The maximum atomic E-state index is 12.5. The Morgan fingerprint density at radius 3 is 2.71 bits per heavy atom. The van der Waals surface area contributed by atoms with Gasteiger partial charge in [0.05, 0.1) is 12.0 Å². The van der Waals surface area contributed by atoms with E-state index in [9.17, 15) is 4.79 Å². The second kappa shape index (κ2) is 8.58. The molecule has 2 aliphatic heterocycles.